The summed E-state index contributed by atoms with van der Waals surface area (Å²) in [7, 11) is -1.46. The number of furan rings is 2. The third-order valence-electron chi connectivity index (χ3n) is 16.3. The molecule has 0 spiro atoms. The van der Waals surface area contributed by atoms with Gasteiger partial charge in [0.1, 0.15) is 22.2 Å². The van der Waals surface area contributed by atoms with Gasteiger partial charge in [-0.25, -0.2) is 15.0 Å². The van der Waals surface area contributed by atoms with Crippen LogP contribution in [-0.2, 0) is 0 Å². The van der Waals surface area contributed by atoms with Crippen molar-refractivity contribution >= 4 is 153 Å². The molecule has 0 fully saturated rings. The van der Waals surface area contributed by atoms with E-state index in [1.807, 2.05) is 89.5 Å². The van der Waals surface area contributed by atoms with Crippen LogP contribution in [0.25, 0.3) is 162 Å². The molecule has 0 aliphatic carbocycles. The normalized spacial score (nSPS) is 11.4. The van der Waals surface area contributed by atoms with E-state index in [2.05, 4.69) is 198 Å². The third kappa shape index (κ3) is 10.1. The molecule has 6 aromatic heterocycles. The average molecular weight is 1210 g/mol. The van der Waals surface area contributed by atoms with Gasteiger partial charge in [-0.2, -0.15) is 4.98 Å². The average Bonchev–Trinajstić information content (AvgIpc) is 1.86. The van der Waals surface area contributed by atoms with Crippen molar-refractivity contribution < 1.29 is 18.9 Å². The maximum absolute atomic E-state index is 9.47. The minimum Gasteiger partial charge on any atom is -0.436 e. The molecule has 12 aromatic carbocycles. The molecule has 0 aliphatic heterocycles. The zero-order chi connectivity index (χ0) is 58.8. The number of nitrogens with zero attached hydrogens (tertiary/aromatic N) is 4. The molecule has 8 nitrogen and oxygen atoms in total. The lowest BCUT2D eigenvalue weighted by Crippen LogP contribution is -2.29. The van der Waals surface area contributed by atoms with Crippen LogP contribution >= 0.6 is 34.3 Å². The van der Waals surface area contributed by atoms with Gasteiger partial charge in [0.05, 0.1) is 28.9 Å². The highest BCUT2D eigenvalue weighted by Crippen LogP contribution is 2.43. The molecule has 6 heterocycles. The van der Waals surface area contributed by atoms with E-state index in [4.69, 9.17) is 30.4 Å². The van der Waals surface area contributed by atoms with Crippen LogP contribution in [0.2, 0.25) is 5.15 Å². The molecule has 0 amide bonds. The molecular formula is C77H50BClN4O4S2. The zero-order valence-electron chi connectivity index (χ0n) is 46.7. The molecule has 89 heavy (non-hydrogen) atoms. The van der Waals surface area contributed by atoms with E-state index in [1.165, 1.54) is 57.0 Å². The number of fused-ring (bicyclic) bond motifs is 16. The Kier molecular flexibility index (Phi) is 14.3. The predicted molar refractivity (Wildman–Crippen MR) is 375 cm³/mol. The smallest absolute Gasteiger partial charge is 0.436 e. The molecule has 18 rings (SSSR count). The third-order valence-corrected chi connectivity index (χ3v) is 18.9. The zero-order valence-corrected chi connectivity index (χ0v) is 49.1. The number of benzene rings is 12. The van der Waals surface area contributed by atoms with Crippen LogP contribution in [0.3, 0.4) is 0 Å². The lowest BCUT2D eigenvalue weighted by molar-refractivity contribution is 0.426. The van der Waals surface area contributed by atoms with Crippen molar-refractivity contribution in [3.05, 3.63) is 272 Å². The van der Waals surface area contributed by atoms with Crippen LogP contribution in [0, 0.1) is 0 Å². The number of hydrogen-bond donors (Lipinski definition) is 2. The molecule has 2 N–H and O–H groups in total. The fourth-order valence-electron chi connectivity index (χ4n) is 12.1. The minimum absolute atomic E-state index is 0. The predicted octanol–water partition coefficient (Wildman–Crippen LogP) is 20.8. The monoisotopic (exact) mass is 1200 g/mol. The minimum atomic E-state index is -1.46. The van der Waals surface area contributed by atoms with Gasteiger partial charge < -0.3 is 18.9 Å². The van der Waals surface area contributed by atoms with Crippen molar-refractivity contribution in [1.82, 2.24) is 19.9 Å². The molecular weight excluding hydrogens is 1160 g/mol. The second-order valence-electron chi connectivity index (χ2n) is 21.6. The summed E-state index contributed by atoms with van der Waals surface area (Å²) >= 11 is 9.52. The lowest BCUT2D eigenvalue weighted by atomic mass is 9.79. The topological polar surface area (TPSA) is 118 Å². The first-order chi connectivity index (χ1) is 43.3. The molecule has 18 aromatic rings. The first kappa shape index (κ1) is 55.2. The van der Waals surface area contributed by atoms with Crippen molar-refractivity contribution in [1.29, 1.82) is 0 Å². The Morgan fingerprint density at radius 2 is 0.787 bits per heavy atom. The summed E-state index contributed by atoms with van der Waals surface area (Å²) in [6.07, 6.45) is 3.40. The van der Waals surface area contributed by atoms with E-state index in [1.54, 1.807) is 12.3 Å². The fraction of sp³-hybridized carbons (Fsp3) is 0.0130. The van der Waals surface area contributed by atoms with Gasteiger partial charge in [0.15, 0.2) is 5.15 Å². The molecule has 0 unspecified atom stereocenters. The van der Waals surface area contributed by atoms with Gasteiger partial charge in [-0.1, -0.05) is 231 Å². The molecule has 0 atom stereocenters. The van der Waals surface area contributed by atoms with Crippen LogP contribution in [0.4, 0.5) is 0 Å². The highest BCUT2D eigenvalue weighted by Gasteiger charge is 2.18. The van der Waals surface area contributed by atoms with Gasteiger partial charge in [-0.15, -0.1) is 22.7 Å². The summed E-state index contributed by atoms with van der Waals surface area (Å²) in [5.41, 5.74) is 15.6. The number of halogens is 1. The van der Waals surface area contributed by atoms with Crippen LogP contribution < -0.4 is 5.46 Å². The first-order valence-electron chi connectivity index (χ1n) is 28.7. The van der Waals surface area contributed by atoms with Gasteiger partial charge in [-0.3, -0.25) is 0 Å². The SMILES string of the molecule is C.Clc1cnc2c(n1)oc1ccc3ccccc3c12.OB(O)c1cccc(-c2cccc(-c3cccc4c3sc3ccccc34)c2)c1.c1cc(-c2cccc(-c3cccc4c3sc3ccccc34)c2)cc(-c2cnc3c(n2)oc2ccc4ccccc4c23)c1. The lowest BCUT2D eigenvalue weighted by Gasteiger charge is -2.09. The summed E-state index contributed by atoms with van der Waals surface area (Å²) in [5.74, 6) is 0. The van der Waals surface area contributed by atoms with Gasteiger partial charge >= 0.3 is 7.12 Å². The summed E-state index contributed by atoms with van der Waals surface area (Å²) in [6.45, 7) is 0. The van der Waals surface area contributed by atoms with E-state index in [9.17, 15) is 10.0 Å². The summed E-state index contributed by atoms with van der Waals surface area (Å²) in [5, 5.41) is 31.1. The van der Waals surface area contributed by atoms with Gasteiger partial charge in [0.25, 0.3) is 0 Å². The van der Waals surface area contributed by atoms with E-state index in [-0.39, 0.29) is 7.43 Å². The Hall–Kier alpha value is -10.4. The highest BCUT2D eigenvalue weighted by atomic mass is 35.5. The first-order valence-corrected chi connectivity index (χ1v) is 30.7. The molecule has 0 aliphatic rings. The molecule has 424 valence electrons. The number of thiophene rings is 2. The largest absolute Gasteiger partial charge is 0.488 e. The number of hydrogen-bond acceptors (Lipinski definition) is 10. The van der Waals surface area contributed by atoms with Crippen molar-refractivity contribution in [2.75, 3.05) is 0 Å². The van der Waals surface area contributed by atoms with Crippen molar-refractivity contribution in [2.24, 2.45) is 0 Å². The Balaban J connectivity index is 0.000000121. The quantitative estimate of drug-likeness (QED) is 0.158. The van der Waals surface area contributed by atoms with E-state index < -0.39 is 7.12 Å². The van der Waals surface area contributed by atoms with Crippen molar-refractivity contribution in [2.45, 2.75) is 7.43 Å². The van der Waals surface area contributed by atoms with Gasteiger partial charge in [0, 0.05) is 45.9 Å². The fourth-order valence-corrected chi connectivity index (χ4v) is 14.7. The highest BCUT2D eigenvalue weighted by molar-refractivity contribution is 7.26. The van der Waals surface area contributed by atoms with E-state index in [0.717, 1.165) is 93.6 Å². The molecule has 0 saturated heterocycles. The van der Waals surface area contributed by atoms with Crippen LogP contribution in [-0.4, -0.2) is 37.1 Å². The number of aromatic nitrogens is 4. The van der Waals surface area contributed by atoms with Gasteiger partial charge in [-0.05, 0) is 114 Å². The maximum Gasteiger partial charge on any atom is 0.488 e. The Morgan fingerprint density at radius 1 is 0.371 bits per heavy atom. The van der Waals surface area contributed by atoms with Crippen LogP contribution in [0.15, 0.2) is 276 Å². The van der Waals surface area contributed by atoms with Crippen LogP contribution in [0.5, 0.6) is 0 Å². The summed E-state index contributed by atoms with van der Waals surface area (Å²) in [4.78, 5) is 18.2. The molecule has 12 heteroatoms. The molecule has 0 saturated carbocycles. The Bertz CT molecular complexity index is 5760. The molecule has 0 radical (unpaired) electrons. The Labute approximate surface area is 524 Å². The summed E-state index contributed by atoms with van der Waals surface area (Å²) in [6, 6.07) is 87.9. The number of rotatable bonds is 6. The van der Waals surface area contributed by atoms with Gasteiger partial charge in [0.2, 0.25) is 11.4 Å². The van der Waals surface area contributed by atoms with E-state index >= 15 is 0 Å². The molecule has 0 bridgehead atoms. The summed E-state index contributed by atoms with van der Waals surface area (Å²) < 4.78 is 17.1. The second kappa shape index (κ2) is 23.1. The van der Waals surface area contributed by atoms with Crippen molar-refractivity contribution in [3.63, 3.8) is 0 Å². The Morgan fingerprint density at radius 3 is 1.33 bits per heavy atom. The second-order valence-corrected chi connectivity index (χ2v) is 24.1. The van der Waals surface area contributed by atoms with E-state index in [0.29, 0.717) is 22.0 Å². The van der Waals surface area contributed by atoms with Crippen molar-refractivity contribution in [3.8, 4) is 55.8 Å². The maximum atomic E-state index is 9.47. The standard InChI is InChI=1S/C38H22N2OS.C24H17BO2S.C14H7ClN2O.CH4/c1-2-13-28-23(8-1)18-19-33-35(28)36-38(41-33)40-32(22-39-36)27-12-6-10-25(21-27)24-9-5-11-26(20-24)29-15-7-16-31-30-14-3-4-17-34(30)42-37(29)31;26-25(27)19-9-4-7-17(15-19)16-6-3-8-18(14-16)20-11-5-12-22-21-10-1-2-13-23(21)28-24(20)22;15-11-7-16-13-12-9-4-2-1-3-8(9)5-6-10(12)18-14(13)17-11;/h1-22H;1-15,26-27H;1-7H;1H4. The van der Waals surface area contributed by atoms with Crippen LogP contribution in [0.1, 0.15) is 7.43 Å².